The summed E-state index contributed by atoms with van der Waals surface area (Å²) in [5.74, 6) is -1.06. The maximum Gasteiger partial charge on any atom is 0.337 e. The van der Waals surface area contributed by atoms with Gasteiger partial charge in [-0.25, -0.2) is 13.2 Å². The van der Waals surface area contributed by atoms with Gasteiger partial charge in [0.15, 0.2) is 0 Å². The second-order valence-electron chi connectivity index (χ2n) is 8.77. The number of carboxylic acid groups (broad SMARTS) is 1. The van der Waals surface area contributed by atoms with Crippen molar-refractivity contribution in [3.63, 3.8) is 0 Å². The predicted octanol–water partition coefficient (Wildman–Crippen LogP) is 3.95. The molecule has 2 fully saturated rings. The number of benzene rings is 2. The van der Waals surface area contributed by atoms with Crippen LogP contribution in [0.15, 0.2) is 47.4 Å². The molecule has 4 rings (SSSR count). The number of aromatic carboxylic acids is 1. The van der Waals surface area contributed by atoms with Crippen LogP contribution < -0.4 is 9.62 Å². The van der Waals surface area contributed by atoms with E-state index in [1.807, 2.05) is 13.0 Å². The average Bonchev–Trinajstić information content (AvgIpc) is 2.79. The van der Waals surface area contributed by atoms with Gasteiger partial charge in [-0.05, 0) is 81.6 Å². The zero-order valence-corrected chi connectivity index (χ0v) is 19.3. The van der Waals surface area contributed by atoms with Crippen LogP contribution in [-0.2, 0) is 10.0 Å². The molecule has 2 aromatic rings. The molecule has 32 heavy (non-hydrogen) atoms. The third kappa shape index (κ3) is 5.07. The standard InChI is InChI=1S/C24H31N3O4S/c1-18-6-5-7-21(16-18)32(30,31)25-19-8-9-23(22(17-19)24(28)29)27-14-10-20(11-15-27)26-12-3-2-4-13-26/h5-9,16-17,20,25H,2-4,10-15H2,1H3,(H,28,29). The van der Waals surface area contributed by atoms with Gasteiger partial charge in [-0.2, -0.15) is 0 Å². The van der Waals surface area contributed by atoms with Gasteiger partial charge >= 0.3 is 5.97 Å². The van der Waals surface area contributed by atoms with Gasteiger partial charge < -0.3 is 14.9 Å². The summed E-state index contributed by atoms with van der Waals surface area (Å²) >= 11 is 0. The maximum absolute atomic E-state index is 12.7. The Labute approximate surface area is 190 Å². The zero-order valence-electron chi connectivity index (χ0n) is 18.5. The molecule has 2 heterocycles. The van der Waals surface area contributed by atoms with Gasteiger partial charge in [0.05, 0.1) is 16.1 Å². The van der Waals surface area contributed by atoms with E-state index in [0.29, 0.717) is 11.7 Å². The Kier molecular flexibility index (Phi) is 6.71. The van der Waals surface area contributed by atoms with Crippen LogP contribution >= 0.6 is 0 Å². The molecule has 0 atom stereocenters. The fourth-order valence-electron chi connectivity index (χ4n) is 4.80. The molecule has 7 nitrogen and oxygen atoms in total. The highest BCUT2D eigenvalue weighted by Crippen LogP contribution is 2.30. The Morgan fingerprint density at radius 3 is 2.38 bits per heavy atom. The lowest BCUT2D eigenvalue weighted by Gasteiger charge is -2.41. The number of anilines is 2. The van der Waals surface area contributed by atoms with Crippen molar-refractivity contribution in [2.75, 3.05) is 35.8 Å². The molecule has 0 aromatic heterocycles. The van der Waals surface area contributed by atoms with Crippen molar-refractivity contribution in [2.45, 2.75) is 50.0 Å². The summed E-state index contributed by atoms with van der Waals surface area (Å²) in [5.41, 5.74) is 1.84. The van der Waals surface area contributed by atoms with Crippen LogP contribution in [0.1, 0.15) is 48.0 Å². The molecule has 0 bridgehead atoms. The fraction of sp³-hybridized carbons (Fsp3) is 0.458. The van der Waals surface area contributed by atoms with E-state index in [1.54, 1.807) is 24.3 Å². The Balaban J connectivity index is 1.49. The summed E-state index contributed by atoms with van der Waals surface area (Å²) < 4.78 is 28.0. The first-order valence-electron chi connectivity index (χ1n) is 11.3. The highest BCUT2D eigenvalue weighted by Gasteiger charge is 2.27. The Bertz CT molecular complexity index is 1070. The number of nitrogens with zero attached hydrogens (tertiary/aromatic N) is 2. The van der Waals surface area contributed by atoms with Crippen LogP contribution in [0.2, 0.25) is 0 Å². The number of nitrogens with one attached hydrogen (secondary N) is 1. The molecule has 8 heteroatoms. The highest BCUT2D eigenvalue weighted by molar-refractivity contribution is 7.92. The zero-order chi connectivity index (χ0) is 22.7. The highest BCUT2D eigenvalue weighted by atomic mass is 32.2. The van der Waals surface area contributed by atoms with Crippen molar-refractivity contribution in [3.05, 3.63) is 53.6 Å². The number of likely N-dealkylation sites (tertiary alicyclic amines) is 1. The molecule has 0 amide bonds. The quantitative estimate of drug-likeness (QED) is 0.683. The Hall–Kier alpha value is -2.58. The lowest BCUT2D eigenvalue weighted by Crippen LogP contribution is -2.47. The molecular formula is C24H31N3O4S. The minimum absolute atomic E-state index is 0.117. The molecule has 0 spiro atoms. The van der Waals surface area contributed by atoms with Crippen LogP contribution in [0, 0.1) is 6.92 Å². The second kappa shape index (κ2) is 9.50. The summed E-state index contributed by atoms with van der Waals surface area (Å²) in [4.78, 5) is 16.8. The summed E-state index contributed by atoms with van der Waals surface area (Å²) in [5, 5.41) is 9.82. The summed E-state index contributed by atoms with van der Waals surface area (Å²) in [6, 6.07) is 12.0. The number of piperidine rings is 2. The number of carbonyl (C=O) groups is 1. The molecule has 0 saturated carbocycles. The van der Waals surface area contributed by atoms with E-state index in [2.05, 4.69) is 14.5 Å². The van der Waals surface area contributed by atoms with E-state index < -0.39 is 16.0 Å². The molecule has 2 N–H and O–H groups in total. The number of rotatable bonds is 6. The van der Waals surface area contributed by atoms with E-state index in [0.717, 1.165) is 31.5 Å². The number of hydrogen-bond donors (Lipinski definition) is 2. The lowest BCUT2D eigenvalue weighted by atomic mass is 9.98. The van der Waals surface area contributed by atoms with E-state index in [1.165, 1.54) is 44.5 Å². The number of carboxylic acids is 1. The third-order valence-corrected chi connectivity index (χ3v) is 7.87. The van der Waals surface area contributed by atoms with Gasteiger partial charge in [0.1, 0.15) is 0 Å². The number of sulfonamides is 1. The third-order valence-electron chi connectivity index (χ3n) is 6.49. The minimum Gasteiger partial charge on any atom is -0.478 e. The normalized spacial score (nSPS) is 18.5. The van der Waals surface area contributed by atoms with E-state index in [-0.39, 0.29) is 16.1 Å². The van der Waals surface area contributed by atoms with Crippen LogP contribution in [0.3, 0.4) is 0 Å². The largest absolute Gasteiger partial charge is 0.478 e. The lowest BCUT2D eigenvalue weighted by molar-refractivity contribution is 0.0697. The van der Waals surface area contributed by atoms with Gasteiger partial charge in [0, 0.05) is 24.8 Å². The number of aryl methyl sites for hydroxylation is 1. The smallest absolute Gasteiger partial charge is 0.337 e. The molecule has 0 aliphatic carbocycles. The van der Waals surface area contributed by atoms with Crippen LogP contribution in [0.4, 0.5) is 11.4 Å². The topological polar surface area (TPSA) is 90.0 Å². The van der Waals surface area contributed by atoms with Gasteiger partial charge in [-0.1, -0.05) is 18.6 Å². The molecule has 2 aromatic carbocycles. The number of hydrogen-bond acceptors (Lipinski definition) is 5. The SMILES string of the molecule is Cc1cccc(S(=O)(=O)Nc2ccc(N3CCC(N4CCCCC4)CC3)c(C(=O)O)c2)c1. The average molecular weight is 458 g/mol. The van der Waals surface area contributed by atoms with E-state index >= 15 is 0 Å². The molecule has 0 radical (unpaired) electrons. The van der Waals surface area contributed by atoms with Crippen molar-refractivity contribution in [2.24, 2.45) is 0 Å². The van der Waals surface area contributed by atoms with E-state index in [4.69, 9.17) is 0 Å². The van der Waals surface area contributed by atoms with Crippen LogP contribution in [-0.4, -0.2) is 56.6 Å². The molecular weight excluding hydrogens is 426 g/mol. The maximum atomic E-state index is 12.7. The van der Waals surface area contributed by atoms with Crippen LogP contribution in [0.25, 0.3) is 0 Å². The van der Waals surface area contributed by atoms with Gasteiger partial charge in [-0.15, -0.1) is 0 Å². The first-order valence-corrected chi connectivity index (χ1v) is 12.8. The Morgan fingerprint density at radius 1 is 1.00 bits per heavy atom. The van der Waals surface area contributed by atoms with Crippen molar-refractivity contribution in [1.82, 2.24) is 4.90 Å². The monoisotopic (exact) mass is 457 g/mol. The summed E-state index contributed by atoms with van der Waals surface area (Å²) in [7, 11) is -3.80. The molecule has 0 unspecified atom stereocenters. The summed E-state index contributed by atoms with van der Waals surface area (Å²) in [6.07, 6.45) is 5.88. The van der Waals surface area contributed by atoms with Crippen molar-refractivity contribution in [3.8, 4) is 0 Å². The minimum atomic E-state index is -3.80. The fourth-order valence-corrected chi connectivity index (χ4v) is 5.95. The van der Waals surface area contributed by atoms with Crippen molar-refractivity contribution >= 4 is 27.4 Å². The van der Waals surface area contributed by atoms with Crippen molar-refractivity contribution in [1.29, 1.82) is 0 Å². The van der Waals surface area contributed by atoms with Crippen LogP contribution in [0.5, 0.6) is 0 Å². The van der Waals surface area contributed by atoms with Gasteiger partial charge in [0.25, 0.3) is 10.0 Å². The second-order valence-corrected chi connectivity index (χ2v) is 10.5. The van der Waals surface area contributed by atoms with Crippen molar-refractivity contribution < 1.29 is 18.3 Å². The molecule has 172 valence electrons. The first-order chi connectivity index (χ1) is 15.3. The summed E-state index contributed by atoms with van der Waals surface area (Å²) in [6.45, 7) is 5.76. The molecule has 2 aliphatic heterocycles. The molecule has 2 saturated heterocycles. The molecule has 2 aliphatic rings. The van der Waals surface area contributed by atoms with Gasteiger partial charge in [-0.3, -0.25) is 4.72 Å². The van der Waals surface area contributed by atoms with E-state index in [9.17, 15) is 18.3 Å². The predicted molar refractivity (Wildman–Crippen MR) is 126 cm³/mol. The Morgan fingerprint density at radius 2 is 1.72 bits per heavy atom. The first kappa shape index (κ1) is 22.6. The van der Waals surface area contributed by atoms with Gasteiger partial charge in [0.2, 0.25) is 0 Å².